The van der Waals surface area contributed by atoms with E-state index < -0.39 is 11.9 Å². The van der Waals surface area contributed by atoms with Crippen LogP contribution in [0.15, 0.2) is 11.6 Å². The topological polar surface area (TPSA) is 69.4 Å². The van der Waals surface area contributed by atoms with Crippen LogP contribution in [0.25, 0.3) is 0 Å². The Morgan fingerprint density at radius 3 is 2.38 bits per heavy atom. The second kappa shape index (κ2) is 6.22. The summed E-state index contributed by atoms with van der Waals surface area (Å²) < 4.78 is 4.65. The Kier molecular flexibility index (Phi) is 5.59. The summed E-state index contributed by atoms with van der Waals surface area (Å²) in [5, 5.41) is 0. The lowest BCUT2D eigenvalue weighted by molar-refractivity contribution is -0.139. The van der Waals surface area contributed by atoms with Crippen molar-refractivity contribution in [3.05, 3.63) is 11.6 Å². The molecule has 0 aromatic carbocycles. The molecule has 0 aliphatic heterocycles. The fraction of sp³-hybridized carbons (Fsp3) is 0.556. The van der Waals surface area contributed by atoms with Crippen molar-refractivity contribution in [1.29, 1.82) is 0 Å². The number of amides is 1. The fourth-order valence-corrected chi connectivity index (χ4v) is 0.782. The molecule has 74 valence electrons. The molecule has 0 aromatic heterocycles. The van der Waals surface area contributed by atoms with Crippen molar-refractivity contribution < 1.29 is 14.3 Å². The third kappa shape index (κ3) is 4.30. The normalized spacial score (nSPS) is 11.1. The monoisotopic (exact) mass is 185 g/mol. The first kappa shape index (κ1) is 11.7. The minimum atomic E-state index is -0.730. The van der Waals surface area contributed by atoms with E-state index in [0.29, 0.717) is 6.42 Å². The Hall–Kier alpha value is -1.32. The van der Waals surface area contributed by atoms with Gasteiger partial charge in [0.15, 0.2) is 0 Å². The van der Waals surface area contributed by atoms with Gasteiger partial charge in [0.05, 0.1) is 6.61 Å². The van der Waals surface area contributed by atoms with E-state index in [0.717, 1.165) is 6.42 Å². The summed E-state index contributed by atoms with van der Waals surface area (Å²) in [6, 6.07) is 0. The average Bonchev–Trinajstić information content (AvgIpc) is 2.05. The number of unbranched alkanes of at least 4 members (excludes halogenated alkanes) is 1. The highest BCUT2D eigenvalue weighted by atomic mass is 16.5. The van der Waals surface area contributed by atoms with Gasteiger partial charge in [-0.1, -0.05) is 19.4 Å². The molecule has 13 heavy (non-hydrogen) atoms. The second-order valence-electron chi connectivity index (χ2n) is 2.49. The van der Waals surface area contributed by atoms with Gasteiger partial charge in [-0.2, -0.15) is 0 Å². The maximum Gasteiger partial charge on any atom is 0.343 e. The highest BCUT2D eigenvalue weighted by Gasteiger charge is 2.15. The number of rotatable bonds is 5. The predicted octanol–water partition coefficient (Wildman–Crippen LogP) is 0.761. The number of carbonyl (C=O) groups excluding carboxylic acids is 2. The van der Waals surface area contributed by atoms with Gasteiger partial charge in [-0.3, -0.25) is 4.79 Å². The quantitative estimate of drug-likeness (QED) is 0.297. The average molecular weight is 185 g/mol. The van der Waals surface area contributed by atoms with E-state index in [2.05, 4.69) is 4.74 Å². The van der Waals surface area contributed by atoms with E-state index in [9.17, 15) is 9.59 Å². The smallest absolute Gasteiger partial charge is 0.343 e. The van der Waals surface area contributed by atoms with Crippen LogP contribution in [0, 0.1) is 0 Å². The molecule has 0 unspecified atom stereocenters. The molecule has 0 aliphatic carbocycles. The number of ether oxygens (including phenoxy) is 1. The largest absolute Gasteiger partial charge is 0.462 e. The van der Waals surface area contributed by atoms with Gasteiger partial charge in [0.1, 0.15) is 5.57 Å². The Morgan fingerprint density at radius 2 is 2.00 bits per heavy atom. The van der Waals surface area contributed by atoms with Crippen LogP contribution >= 0.6 is 0 Å². The van der Waals surface area contributed by atoms with Gasteiger partial charge in [0, 0.05) is 0 Å². The lowest BCUT2D eigenvalue weighted by atomic mass is 10.2. The molecule has 0 saturated heterocycles. The second-order valence-corrected chi connectivity index (χ2v) is 2.49. The summed E-state index contributed by atoms with van der Waals surface area (Å²) in [4.78, 5) is 21.9. The molecule has 0 saturated carbocycles. The Balaban J connectivity index is 4.41. The van der Waals surface area contributed by atoms with Crippen LogP contribution in [-0.4, -0.2) is 18.5 Å². The molecule has 0 rings (SSSR count). The highest BCUT2D eigenvalue weighted by molar-refractivity contribution is 6.15. The third-order valence-electron chi connectivity index (χ3n) is 1.40. The molecule has 0 aromatic rings. The fourth-order valence-electron chi connectivity index (χ4n) is 0.782. The summed E-state index contributed by atoms with van der Waals surface area (Å²) >= 11 is 0. The minimum Gasteiger partial charge on any atom is -0.462 e. The Labute approximate surface area is 77.7 Å². The molecular formula is C9H15NO3. The van der Waals surface area contributed by atoms with E-state index in [4.69, 9.17) is 5.73 Å². The van der Waals surface area contributed by atoms with Gasteiger partial charge in [-0.15, -0.1) is 0 Å². The van der Waals surface area contributed by atoms with Gasteiger partial charge < -0.3 is 10.5 Å². The molecule has 4 nitrogen and oxygen atoms in total. The van der Waals surface area contributed by atoms with Crippen LogP contribution < -0.4 is 5.73 Å². The zero-order valence-corrected chi connectivity index (χ0v) is 8.00. The van der Waals surface area contributed by atoms with Crippen LogP contribution in [0.2, 0.25) is 0 Å². The van der Waals surface area contributed by atoms with Gasteiger partial charge >= 0.3 is 5.97 Å². The first-order chi connectivity index (χ1) is 6.13. The molecule has 1 amide bonds. The number of allylic oxidation sites excluding steroid dienone is 1. The highest BCUT2D eigenvalue weighted by Crippen LogP contribution is 2.01. The standard InChI is InChI=1S/C9H15NO3/c1-3-5-6-7(8(10)11)9(12)13-4-2/h6H,3-5H2,1-2H3,(H2,10,11). The number of primary amides is 1. The minimum absolute atomic E-state index is 0.0521. The molecule has 2 N–H and O–H groups in total. The molecule has 0 spiro atoms. The van der Waals surface area contributed by atoms with Gasteiger partial charge in [0.2, 0.25) is 0 Å². The van der Waals surface area contributed by atoms with Gasteiger partial charge in [-0.05, 0) is 13.3 Å². The molecule has 0 bridgehead atoms. The number of carbonyl (C=O) groups is 2. The number of nitrogens with two attached hydrogens (primary N) is 1. The zero-order chi connectivity index (χ0) is 10.3. The van der Waals surface area contributed by atoms with Gasteiger partial charge in [-0.25, -0.2) is 4.79 Å². The molecule has 0 fully saturated rings. The number of hydrogen-bond acceptors (Lipinski definition) is 3. The van der Waals surface area contributed by atoms with Crippen LogP contribution in [-0.2, 0) is 14.3 Å². The predicted molar refractivity (Wildman–Crippen MR) is 48.8 cm³/mol. The lowest BCUT2D eigenvalue weighted by Crippen LogP contribution is -2.22. The van der Waals surface area contributed by atoms with E-state index in [-0.39, 0.29) is 12.2 Å². The van der Waals surface area contributed by atoms with Crippen molar-refractivity contribution >= 4 is 11.9 Å². The van der Waals surface area contributed by atoms with Gasteiger partial charge in [0.25, 0.3) is 5.91 Å². The first-order valence-electron chi connectivity index (χ1n) is 4.30. The van der Waals surface area contributed by atoms with Crippen LogP contribution in [0.3, 0.4) is 0 Å². The van der Waals surface area contributed by atoms with Crippen LogP contribution in [0.5, 0.6) is 0 Å². The summed E-state index contributed by atoms with van der Waals surface area (Å²) in [5.41, 5.74) is 4.95. The summed E-state index contributed by atoms with van der Waals surface area (Å²) in [6.07, 6.45) is 3.02. The lowest BCUT2D eigenvalue weighted by Gasteiger charge is -2.02. The molecule has 0 heterocycles. The molecule has 0 aliphatic rings. The van der Waals surface area contributed by atoms with Crippen molar-refractivity contribution in [3.63, 3.8) is 0 Å². The van der Waals surface area contributed by atoms with E-state index in [1.54, 1.807) is 6.92 Å². The zero-order valence-electron chi connectivity index (χ0n) is 8.00. The Morgan fingerprint density at radius 1 is 1.38 bits per heavy atom. The maximum absolute atomic E-state index is 11.1. The van der Waals surface area contributed by atoms with Crippen molar-refractivity contribution in [2.75, 3.05) is 6.61 Å². The van der Waals surface area contributed by atoms with Crippen molar-refractivity contribution in [1.82, 2.24) is 0 Å². The first-order valence-corrected chi connectivity index (χ1v) is 4.30. The van der Waals surface area contributed by atoms with Crippen molar-refractivity contribution in [2.24, 2.45) is 5.73 Å². The third-order valence-corrected chi connectivity index (χ3v) is 1.40. The molecular weight excluding hydrogens is 170 g/mol. The van der Waals surface area contributed by atoms with Crippen LogP contribution in [0.1, 0.15) is 26.7 Å². The van der Waals surface area contributed by atoms with E-state index in [1.165, 1.54) is 6.08 Å². The van der Waals surface area contributed by atoms with E-state index >= 15 is 0 Å². The summed E-state index contributed by atoms with van der Waals surface area (Å²) in [5.74, 6) is -1.37. The SMILES string of the molecule is CCCC=C(C(N)=O)C(=O)OCC. The van der Waals surface area contributed by atoms with Crippen LogP contribution in [0.4, 0.5) is 0 Å². The van der Waals surface area contributed by atoms with E-state index in [1.807, 2.05) is 6.92 Å². The molecule has 0 atom stereocenters. The summed E-state index contributed by atoms with van der Waals surface area (Å²) in [6.45, 7) is 3.87. The molecule has 4 heteroatoms. The Bertz CT molecular complexity index is 221. The summed E-state index contributed by atoms with van der Waals surface area (Å²) in [7, 11) is 0. The number of esters is 1. The van der Waals surface area contributed by atoms with Crippen molar-refractivity contribution in [2.45, 2.75) is 26.7 Å². The number of hydrogen-bond donors (Lipinski definition) is 1. The van der Waals surface area contributed by atoms with Crippen molar-refractivity contribution in [3.8, 4) is 0 Å². The molecule has 0 radical (unpaired) electrons. The maximum atomic E-state index is 11.1.